The van der Waals surface area contributed by atoms with Gasteiger partial charge in [-0.2, -0.15) is 5.10 Å². The van der Waals surface area contributed by atoms with E-state index in [-0.39, 0.29) is 30.0 Å². The molecule has 9 nitrogen and oxygen atoms in total. The van der Waals surface area contributed by atoms with Crippen LogP contribution in [0, 0.1) is 12.3 Å². The molecule has 1 aliphatic heterocycles. The summed E-state index contributed by atoms with van der Waals surface area (Å²) in [6.45, 7) is 0.0490. The fraction of sp³-hybridized carbons (Fsp3) is 0.217. The van der Waals surface area contributed by atoms with Gasteiger partial charge >= 0.3 is 0 Å². The molecule has 0 radical (unpaired) electrons. The van der Waals surface area contributed by atoms with E-state index in [0.29, 0.717) is 33.5 Å². The van der Waals surface area contributed by atoms with E-state index in [4.69, 9.17) is 32.2 Å². The Labute approximate surface area is 205 Å². The van der Waals surface area contributed by atoms with E-state index in [9.17, 15) is 9.59 Å². The first-order chi connectivity index (χ1) is 16.4. The van der Waals surface area contributed by atoms with Crippen molar-refractivity contribution in [1.29, 1.82) is 0 Å². The van der Waals surface area contributed by atoms with Crippen molar-refractivity contribution < 1.29 is 23.8 Å². The molecule has 0 unspecified atom stereocenters. The van der Waals surface area contributed by atoms with Crippen molar-refractivity contribution in [3.05, 3.63) is 47.0 Å². The molecule has 34 heavy (non-hydrogen) atoms. The second-order valence-electron chi connectivity index (χ2n) is 6.75. The van der Waals surface area contributed by atoms with Gasteiger partial charge in [0.15, 0.2) is 16.7 Å². The standard InChI is InChI=1S/C23H21ClN4O5S/c1-4-9-33-21-17(24)10-14(11-18(21)32-3)13-25-28-23-27-22(30)19(34-23)12-20(29)26-15-5-7-16(31-2)8-6-15/h1,5-8,10-11,13,19H,9,12H2,2-3H3,(H,26,29)(H,27,28,30)/b25-13-/t19-/m0/s1. The van der Waals surface area contributed by atoms with Crippen LogP contribution in [0.15, 0.2) is 46.6 Å². The Morgan fingerprint density at radius 3 is 2.74 bits per heavy atom. The van der Waals surface area contributed by atoms with Gasteiger partial charge in [-0.05, 0) is 36.4 Å². The Morgan fingerprint density at radius 2 is 2.06 bits per heavy atom. The zero-order chi connectivity index (χ0) is 24.5. The van der Waals surface area contributed by atoms with Crippen molar-refractivity contribution in [2.45, 2.75) is 11.7 Å². The van der Waals surface area contributed by atoms with Crippen molar-refractivity contribution >= 4 is 52.2 Å². The van der Waals surface area contributed by atoms with Crippen molar-refractivity contribution in [2.24, 2.45) is 10.2 Å². The summed E-state index contributed by atoms with van der Waals surface area (Å²) in [5, 5.41) is 13.3. The van der Waals surface area contributed by atoms with Gasteiger partial charge in [-0.3, -0.25) is 9.59 Å². The molecular weight excluding hydrogens is 480 g/mol. The van der Waals surface area contributed by atoms with Gasteiger partial charge in [0.25, 0.3) is 0 Å². The zero-order valence-electron chi connectivity index (χ0n) is 18.3. The number of amides is 2. The Balaban J connectivity index is 1.59. The Bertz CT molecular complexity index is 1160. The maximum atomic E-state index is 12.3. The normalized spacial score (nSPS) is 16.2. The lowest BCUT2D eigenvalue weighted by molar-refractivity contribution is -0.122. The third-order valence-corrected chi connectivity index (χ3v) is 5.78. The summed E-state index contributed by atoms with van der Waals surface area (Å²) in [5.74, 6) is 3.16. The van der Waals surface area contributed by atoms with Gasteiger partial charge in [-0.1, -0.05) is 29.3 Å². The number of ether oxygens (including phenoxy) is 3. The highest BCUT2D eigenvalue weighted by atomic mass is 35.5. The topological polar surface area (TPSA) is 111 Å². The van der Waals surface area contributed by atoms with Crippen LogP contribution < -0.4 is 24.8 Å². The minimum atomic E-state index is -0.616. The number of nitrogens with one attached hydrogen (secondary N) is 2. The summed E-state index contributed by atoms with van der Waals surface area (Å²) in [6.07, 6.45) is 6.64. The van der Waals surface area contributed by atoms with E-state index >= 15 is 0 Å². The number of hydrogen-bond donors (Lipinski definition) is 2. The highest BCUT2D eigenvalue weighted by Gasteiger charge is 2.32. The molecule has 11 heteroatoms. The van der Waals surface area contributed by atoms with Crippen LogP contribution in [0.2, 0.25) is 5.02 Å². The smallest absolute Gasteiger partial charge is 0.240 e. The first-order valence-electron chi connectivity index (χ1n) is 9.89. The second-order valence-corrected chi connectivity index (χ2v) is 8.35. The molecule has 1 atom stereocenters. The summed E-state index contributed by atoms with van der Waals surface area (Å²) < 4.78 is 15.8. The first kappa shape index (κ1) is 25.0. The maximum Gasteiger partial charge on any atom is 0.240 e. The lowest BCUT2D eigenvalue weighted by Gasteiger charge is -2.11. The predicted molar refractivity (Wildman–Crippen MR) is 133 cm³/mol. The van der Waals surface area contributed by atoms with Gasteiger partial charge in [-0.15, -0.1) is 11.5 Å². The number of amidine groups is 1. The molecule has 0 spiro atoms. The van der Waals surface area contributed by atoms with E-state index < -0.39 is 5.25 Å². The molecule has 2 aromatic carbocycles. The lowest BCUT2D eigenvalue weighted by Crippen LogP contribution is -2.28. The number of benzene rings is 2. The van der Waals surface area contributed by atoms with E-state index in [1.54, 1.807) is 43.5 Å². The number of carbonyl (C=O) groups is 2. The van der Waals surface area contributed by atoms with Crippen LogP contribution in [0.1, 0.15) is 12.0 Å². The average molecular weight is 501 g/mol. The predicted octanol–water partition coefficient (Wildman–Crippen LogP) is 3.32. The van der Waals surface area contributed by atoms with Crippen LogP contribution >= 0.6 is 23.4 Å². The third-order valence-electron chi connectivity index (χ3n) is 4.43. The molecule has 0 aliphatic carbocycles. The lowest BCUT2D eigenvalue weighted by atomic mass is 10.2. The van der Waals surface area contributed by atoms with E-state index in [1.807, 2.05) is 0 Å². The Morgan fingerprint density at radius 1 is 1.29 bits per heavy atom. The highest BCUT2D eigenvalue weighted by molar-refractivity contribution is 8.15. The molecule has 176 valence electrons. The summed E-state index contributed by atoms with van der Waals surface area (Å²) in [6, 6.07) is 10.2. The number of thioether (sulfide) groups is 1. The van der Waals surface area contributed by atoms with Crippen LogP contribution in [0.5, 0.6) is 17.2 Å². The van der Waals surface area contributed by atoms with E-state index in [0.717, 1.165) is 11.8 Å². The number of carbonyl (C=O) groups excluding carboxylic acids is 2. The van der Waals surface area contributed by atoms with Crippen LogP contribution in [0.25, 0.3) is 0 Å². The van der Waals surface area contributed by atoms with Crippen molar-refractivity contribution in [2.75, 3.05) is 26.1 Å². The first-order valence-corrected chi connectivity index (χ1v) is 11.2. The van der Waals surface area contributed by atoms with Gasteiger partial charge in [0.05, 0.1) is 25.5 Å². The number of rotatable bonds is 9. The Kier molecular flexibility index (Phi) is 8.79. The highest BCUT2D eigenvalue weighted by Crippen LogP contribution is 2.36. The van der Waals surface area contributed by atoms with Gasteiger partial charge in [-0.25, -0.2) is 0 Å². The SMILES string of the molecule is C#CCOc1c(Cl)cc(/C=N\N=C2\NC(=O)[C@H](CC(=O)Nc3ccc(OC)cc3)S2)cc1OC. The number of terminal acetylenes is 1. The molecule has 3 rings (SSSR count). The number of nitrogens with zero attached hydrogens (tertiary/aromatic N) is 2. The molecule has 1 fully saturated rings. The fourth-order valence-corrected chi connectivity index (χ4v) is 4.06. The molecule has 2 amide bonds. The van der Waals surface area contributed by atoms with E-state index in [1.165, 1.54) is 13.3 Å². The molecule has 1 aliphatic rings. The summed E-state index contributed by atoms with van der Waals surface area (Å²) in [7, 11) is 3.04. The zero-order valence-corrected chi connectivity index (χ0v) is 19.9. The molecule has 0 bridgehead atoms. The van der Waals surface area contributed by atoms with Crippen molar-refractivity contribution in [1.82, 2.24) is 5.32 Å². The van der Waals surface area contributed by atoms with Crippen LogP contribution in [0.4, 0.5) is 5.69 Å². The maximum absolute atomic E-state index is 12.3. The number of halogens is 1. The largest absolute Gasteiger partial charge is 0.497 e. The second kappa shape index (κ2) is 12.0. The quantitative estimate of drug-likeness (QED) is 0.310. The van der Waals surface area contributed by atoms with Gasteiger partial charge in [0.1, 0.15) is 17.6 Å². The minimum Gasteiger partial charge on any atom is -0.497 e. The fourth-order valence-electron chi connectivity index (χ4n) is 2.86. The third kappa shape index (κ3) is 6.66. The van der Waals surface area contributed by atoms with Crippen LogP contribution in [-0.4, -0.2) is 49.3 Å². The minimum absolute atomic E-state index is 0.0167. The monoisotopic (exact) mass is 500 g/mol. The number of anilines is 1. The summed E-state index contributed by atoms with van der Waals surface area (Å²) in [5.41, 5.74) is 1.21. The van der Waals surface area contributed by atoms with Crippen molar-refractivity contribution in [3.8, 4) is 29.6 Å². The molecule has 1 heterocycles. The van der Waals surface area contributed by atoms with E-state index in [2.05, 4.69) is 26.8 Å². The van der Waals surface area contributed by atoms with Crippen LogP contribution in [0.3, 0.4) is 0 Å². The summed E-state index contributed by atoms with van der Waals surface area (Å²) >= 11 is 7.37. The average Bonchev–Trinajstić information content (AvgIpc) is 3.17. The summed E-state index contributed by atoms with van der Waals surface area (Å²) in [4.78, 5) is 24.5. The van der Waals surface area contributed by atoms with Gasteiger partial charge in [0, 0.05) is 17.7 Å². The van der Waals surface area contributed by atoms with Crippen molar-refractivity contribution in [3.63, 3.8) is 0 Å². The number of hydrogen-bond acceptors (Lipinski definition) is 8. The molecule has 0 aromatic heterocycles. The molecule has 1 saturated heterocycles. The Hall–Kier alpha value is -3.68. The molecule has 0 saturated carbocycles. The molecular formula is C23H21ClN4O5S. The van der Waals surface area contributed by atoms with Gasteiger partial charge in [0.2, 0.25) is 11.8 Å². The van der Waals surface area contributed by atoms with Crippen LogP contribution in [-0.2, 0) is 9.59 Å². The molecule has 2 N–H and O–H groups in total. The number of methoxy groups -OCH3 is 2. The van der Waals surface area contributed by atoms with Gasteiger partial charge < -0.3 is 24.8 Å². The molecule has 2 aromatic rings.